The van der Waals surface area contributed by atoms with Gasteiger partial charge in [0.05, 0.1) is 7.11 Å². The maximum Gasteiger partial charge on any atom is 0.161 e. The standard InChI is InChI=1S/C23H33N3O2/c1-19(17-26-11-4-3-5-12-26)14-25-15-20-8-9-22(27-2)23(13-20)28-18-21-7-6-10-24-16-21/h6-10,13,16,19,25H,3-5,11-12,14-15,17-18H2,1-2H3. The van der Waals surface area contributed by atoms with Crippen LogP contribution in [0.4, 0.5) is 0 Å². The number of nitrogens with zero attached hydrogens (tertiary/aromatic N) is 2. The topological polar surface area (TPSA) is 46.6 Å². The summed E-state index contributed by atoms with van der Waals surface area (Å²) in [7, 11) is 1.67. The highest BCUT2D eigenvalue weighted by molar-refractivity contribution is 5.43. The van der Waals surface area contributed by atoms with Crippen LogP contribution in [0.5, 0.6) is 11.5 Å². The van der Waals surface area contributed by atoms with Gasteiger partial charge in [0.1, 0.15) is 6.61 Å². The number of likely N-dealkylation sites (tertiary alicyclic amines) is 1. The molecule has 28 heavy (non-hydrogen) atoms. The van der Waals surface area contributed by atoms with Crippen LogP contribution in [0.25, 0.3) is 0 Å². The van der Waals surface area contributed by atoms with E-state index in [0.717, 1.165) is 30.2 Å². The van der Waals surface area contributed by atoms with Crippen LogP contribution in [0.1, 0.15) is 37.3 Å². The van der Waals surface area contributed by atoms with Crippen LogP contribution in [0, 0.1) is 5.92 Å². The van der Waals surface area contributed by atoms with Gasteiger partial charge in [-0.1, -0.05) is 25.5 Å². The van der Waals surface area contributed by atoms with Crippen molar-refractivity contribution >= 4 is 0 Å². The van der Waals surface area contributed by atoms with Crippen molar-refractivity contribution in [3.8, 4) is 11.5 Å². The maximum atomic E-state index is 5.98. The summed E-state index contributed by atoms with van der Waals surface area (Å²) in [5, 5.41) is 3.60. The SMILES string of the molecule is COc1ccc(CNCC(C)CN2CCCCC2)cc1OCc1cccnc1. The van der Waals surface area contributed by atoms with Crippen LogP contribution in [0.2, 0.25) is 0 Å². The molecule has 1 fully saturated rings. The van der Waals surface area contributed by atoms with Gasteiger partial charge in [0.15, 0.2) is 11.5 Å². The Morgan fingerprint density at radius 1 is 1.11 bits per heavy atom. The minimum absolute atomic E-state index is 0.480. The lowest BCUT2D eigenvalue weighted by atomic mass is 10.1. The predicted octanol–water partition coefficient (Wildman–Crippen LogP) is 3.88. The number of hydrogen-bond acceptors (Lipinski definition) is 5. The van der Waals surface area contributed by atoms with E-state index in [-0.39, 0.29) is 0 Å². The van der Waals surface area contributed by atoms with Gasteiger partial charge in [0.25, 0.3) is 0 Å². The van der Waals surface area contributed by atoms with Crippen LogP contribution in [0.3, 0.4) is 0 Å². The largest absolute Gasteiger partial charge is 0.493 e. The first-order valence-corrected chi connectivity index (χ1v) is 10.4. The summed E-state index contributed by atoms with van der Waals surface area (Å²) in [5.74, 6) is 2.18. The maximum absolute atomic E-state index is 5.98. The number of ether oxygens (including phenoxy) is 2. The van der Waals surface area contributed by atoms with Gasteiger partial charge in [-0.15, -0.1) is 0 Å². The Morgan fingerprint density at radius 3 is 2.71 bits per heavy atom. The lowest BCUT2D eigenvalue weighted by Crippen LogP contribution is -2.36. The molecule has 0 saturated carbocycles. The summed E-state index contributed by atoms with van der Waals surface area (Å²) in [4.78, 5) is 6.74. The molecule has 1 aromatic heterocycles. The first kappa shape index (κ1) is 20.6. The van der Waals surface area contributed by atoms with Crippen LogP contribution < -0.4 is 14.8 Å². The summed E-state index contributed by atoms with van der Waals surface area (Å²) in [6, 6.07) is 10.1. The summed E-state index contributed by atoms with van der Waals surface area (Å²) in [5.41, 5.74) is 2.24. The summed E-state index contributed by atoms with van der Waals surface area (Å²) < 4.78 is 11.4. The molecule has 1 atom stereocenters. The quantitative estimate of drug-likeness (QED) is 0.675. The third-order valence-electron chi connectivity index (χ3n) is 5.19. The van der Waals surface area contributed by atoms with E-state index in [4.69, 9.17) is 9.47 Å². The first-order chi connectivity index (χ1) is 13.7. The predicted molar refractivity (Wildman–Crippen MR) is 113 cm³/mol. The number of aromatic nitrogens is 1. The van der Waals surface area contributed by atoms with Gasteiger partial charge in [-0.2, -0.15) is 0 Å². The molecule has 5 nitrogen and oxygen atoms in total. The molecule has 0 aliphatic carbocycles. The molecule has 1 aliphatic rings. The molecule has 1 aliphatic heterocycles. The molecule has 1 unspecified atom stereocenters. The third kappa shape index (κ3) is 6.50. The highest BCUT2D eigenvalue weighted by Gasteiger charge is 2.13. The molecule has 3 rings (SSSR count). The zero-order valence-electron chi connectivity index (χ0n) is 17.2. The monoisotopic (exact) mass is 383 g/mol. The molecule has 1 N–H and O–H groups in total. The fraction of sp³-hybridized carbons (Fsp3) is 0.522. The van der Waals surface area contributed by atoms with E-state index >= 15 is 0 Å². The minimum Gasteiger partial charge on any atom is -0.493 e. The minimum atomic E-state index is 0.480. The fourth-order valence-electron chi connectivity index (χ4n) is 3.70. The van der Waals surface area contributed by atoms with Crippen molar-refractivity contribution in [1.29, 1.82) is 0 Å². The van der Waals surface area contributed by atoms with Crippen molar-refractivity contribution in [2.45, 2.75) is 39.3 Å². The Balaban J connectivity index is 1.48. The number of methoxy groups -OCH3 is 1. The Bertz CT molecular complexity index is 702. The van der Waals surface area contributed by atoms with Gasteiger partial charge >= 0.3 is 0 Å². The van der Waals surface area contributed by atoms with Gasteiger partial charge < -0.3 is 19.7 Å². The number of hydrogen-bond donors (Lipinski definition) is 1. The number of benzene rings is 1. The van der Waals surface area contributed by atoms with E-state index in [1.54, 1.807) is 13.3 Å². The molecule has 0 bridgehead atoms. The van der Waals surface area contributed by atoms with Crippen molar-refractivity contribution in [3.05, 3.63) is 53.9 Å². The van der Waals surface area contributed by atoms with E-state index in [2.05, 4.69) is 34.3 Å². The fourth-order valence-corrected chi connectivity index (χ4v) is 3.70. The molecule has 0 amide bonds. The second-order valence-electron chi connectivity index (χ2n) is 7.73. The second kappa shape index (κ2) is 11.0. The van der Waals surface area contributed by atoms with E-state index in [1.807, 2.05) is 24.4 Å². The summed E-state index contributed by atoms with van der Waals surface area (Å²) in [6.45, 7) is 8.38. The van der Waals surface area contributed by atoms with Crippen LogP contribution in [-0.4, -0.2) is 43.2 Å². The molecular formula is C23H33N3O2. The summed E-state index contributed by atoms with van der Waals surface area (Å²) >= 11 is 0. The molecule has 1 saturated heterocycles. The average molecular weight is 384 g/mol. The highest BCUT2D eigenvalue weighted by atomic mass is 16.5. The number of piperidine rings is 1. The Kier molecular flexibility index (Phi) is 8.12. The Morgan fingerprint density at radius 2 is 1.96 bits per heavy atom. The van der Waals surface area contributed by atoms with Gasteiger partial charge in [-0.3, -0.25) is 4.98 Å². The lowest BCUT2D eigenvalue weighted by molar-refractivity contribution is 0.199. The van der Waals surface area contributed by atoms with E-state index in [0.29, 0.717) is 12.5 Å². The molecule has 5 heteroatoms. The van der Waals surface area contributed by atoms with Crippen LogP contribution >= 0.6 is 0 Å². The van der Waals surface area contributed by atoms with E-state index < -0.39 is 0 Å². The number of nitrogens with one attached hydrogen (secondary N) is 1. The van der Waals surface area contributed by atoms with Gasteiger partial charge in [0, 0.05) is 31.0 Å². The number of pyridine rings is 1. The molecule has 2 heterocycles. The van der Waals surface area contributed by atoms with Gasteiger partial charge in [-0.05, 0) is 62.2 Å². The molecule has 152 valence electrons. The average Bonchev–Trinajstić information content (AvgIpc) is 2.74. The molecule has 0 spiro atoms. The van der Waals surface area contributed by atoms with Crippen molar-refractivity contribution in [2.24, 2.45) is 5.92 Å². The Labute approximate surface area is 169 Å². The van der Waals surface area contributed by atoms with Crippen molar-refractivity contribution in [1.82, 2.24) is 15.2 Å². The molecular weight excluding hydrogens is 350 g/mol. The van der Waals surface area contributed by atoms with Crippen LogP contribution in [-0.2, 0) is 13.2 Å². The smallest absolute Gasteiger partial charge is 0.161 e. The normalized spacial score (nSPS) is 15.9. The Hall–Kier alpha value is -2.11. The van der Waals surface area contributed by atoms with Gasteiger partial charge in [-0.25, -0.2) is 0 Å². The van der Waals surface area contributed by atoms with Gasteiger partial charge in [0.2, 0.25) is 0 Å². The zero-order chi connectivity index (χ0) is 19.6. The third-order valence-corrected chi connectivity index (χ3v) is 5.19. The summed E-state index contributed by atoms with van der Waals surface area (Å²) in [6.07, 6.45) is 7.69. The van der Waals surface area contributed by atoms with Crippen LogP contribution in [0.15, 0.2) is 42.7 Å². The lowest BCUT2D eigenvalue weighted by Gasteiger charge is -2.29. The second-order valence-corrected chi connectivity index (χ2v) is 7.73. The molecule has 2 aromatic rings. The zero-order valence-corrected chi connectivity index (χ0v) is 17.2. The first-order valence-electron chi connectivity index (χ1n) is 10.4. The molecule has 1 aromatic carbocycles. The van der Waals surface area contributed by atoms with Crippen molar-refractivity contribution < 1.29 is 9.47 Å². The van der Waals surface area contributed by atoms with Crippen molar-refractivity contribution in [2.75, 3.05) is 33.3 Å². The van der Waals surface area contributed by atoms with Crippen molar-refractivity contribution in [3.63, 3.8) is 0 Å². The molecule has 0 radical (unpaired) electrons. The number of rotatable bonds is 10. The van der Waals surface area contributed by atoms with E-state index in [1.165, 1.54) is 44.5 Å². The van der Waals surface area contributed by atoms with E-state index in [9.17, 15) is 0 Å². The highest BCUT2D eigenvalue weighted by Crippen LogP contribution is 2.28.